The van der Waals surface area contributed by atoms with Gasteiger partial charge in [-0.05, 0) is 109 Å². The van der Waals surface area contributed by atoms with Crippen LogP contribution in [0.25, 0.3) is 0 Å². The quantitative estimate of drug-likeness (QED) is 0.167. The Balaban J connectivity index is 0.000000188. The first kappa shape index (κ1) is 34.4. The Morgan fingerprint density at radius 1 is 0.604 bits per heavy atom. The van der Waals surface area contributed by atoms with Crippen molar-refractivity contribution in [1.82, 2.24) is 10.6 Å². The molecule has 2 aliphatic heterocycles. The van der Waals surface area contributed by atoms with E-state index in [0.29, 0.717) is 11.5 Å². The molecule has 8 nitrogen and oxygen atoms in total. The van der Waals surface area contributed by atoms with E-state index in [-0.39, 0.29) is 36.1 Å². The molecule has 8 heteroatoms. The predicted octanol–water partition coefficient (Wildman–Crippen LogP) is 6.01. The van der Waals surface area contributed by atoms with Crippen LogP contribution in [0.15, 0.2) is 84.9 Å². The van der Waals surface area contributed by atoms with Gasteiger partial charge < -0.3 is 30.3 Å². The standard InChI is InChI=1S/2C20H23NO3/c2*1-13(21-14(2)22)19-12-17-8-5-16(11-20(17)24-19)4-3-15-6-9-18(23)10-7-15/h2*5-11,13,19,23H,3-4,12H2,1-2H3,(H,21,22)/t2*13-,19+/m10/s1. The molecule has 2 heterocycles. The number of phenolic OH excluding ortho intramolecular Hbond substituents is 2. The fourth-order valence-corrected chi connectivity index (χ4v) is 6.20. The van der Waals surface area contributed by atoms with E-state index in [9.17, 15) is 19.8 Å². The molecular weight excluding hydrogens is 604 g/mol. The highest BCUT2D eigenvalue weighted by Crippen LogP contribution is 2.33. The lowest BCUT2D eigenvalue weighted by Gasteiger charge is -2.19. The van der Waals surface area contributed by atoms with Crippen molar-refractivity contribution >= 4 is 11.8 Å². The molecule has 4 aromatic carbocycles. The summed E-state index contributed by atoms with van der Waals surface area (Å²) in [4.78, 5) is 22.4. The smallest absolute Gasteiger partial charge is 0.217 e. The first-order valence-corrected chi connectivity index (χ1v) is 16.7. The summed E-state index contributed by atoms with van der Waals surface area (Å²) in [7, 11) is 0. The van der Waals surface area contributed by atoms with E-state index in [1.807, 2.05) is 38.1 Å². The number of rotatable bonds is 10. The molecule has 0 bridgehead atoms. The summed E-state index contributed by atoms with van der Waals surface area (Å²) in [6.07, 6.45) is 5.34. The largest absolute Gasteiger partial charge is 0.508 e. The Bertz CT molecular complexity index is 1580. The molecule has 0 unspecified atom stereocenters. The number of aryl methyl sites for hydroxylation is 4. The van der Waals surface area contributed by atoms with E-state index in [0.717, 1.165) is 50.0 Å². The lowest BCUT2D eigenvalue weighted by molar-refractivity contribution is -0.121. The number of carbonyl (C=O) groups excluding carboxylic acids is 2. The van der Waals surface area contributed by atoms with Crippen LogP contribution < -0.4 is 20.1 Å². The minimum Gasteiger partial charge on any atom is -0.508 e. The Hall–Kier alpha value is -4.98. The van der Waals surface area contributed by atoms with Crippen molar-refractivity contribution in [2.45, 2.75) is 90.5 Å². The van der Waals surface area contributed by atoms with Gasteiger partial charge in [-0.3, -0.25) is 9.59 Å². The highest BCUT2D eigenvalue weighted by molar-refractivity contribution is 5.73. The summed E-state index contributed by atoms with van der Waals surface area (Å²) in [5, 5.41) is 24.5. The van der Waals surface area contributed by atoms with Gasteiger partial charge in [-0.25, -0.2) is 0 Å². The number of fused-ring (bicyclic) bond motifs is 2. The maximum Gasteiger partial charge on any atom is 0.217 e. The minimum atomic E-state index is -0.0309. The zero-order chi connectivity index (χ0) is 34.2. The predicted molar refractivity (Wildman–Crippen MR) is 187 cm³/mol. The number of ether oxygens (including phenoxy) is 2. The fourth-order valence-electron chi connectivity index (χ4n) is 6.20. The third kappa shape index (κ3) is 9.53. The Morgan fingerprint density at radius 3 is 1.29 bits per heavy atom. The number of benzene rings is 4. The summed E-state index contributed by atoms with van der Waals surface area (Å²) < 4.78 is 12.1. The lowest BCUT2D eigenvalue weighted by atomic mass is 10.0. The summed E-state index contributed by atoms with van der Waals surface area (Å²) in [6, 6.07) is 27.4. The van der Waals surface area contributed by atoms with E-state index < -0.39 is 0 Å². The van der Waals surface area contributed by atoms with Crippen LogP contribution in [0.5, 0.6) is 23.0 Å². The summed E-state index contributed by atoms with van der Waals surface area (Å²) in [6.45, 7) is 7.01. The summed E-state index contributed by atoms with van der Waals surface area (Å²) >= 11 is 0. The zero-order valence-corrected chi connectivity index (χ0v) is 28.2. The number of hydrogen-bond donors (Lipinski definition) is 4. The van der Waals surface area contributed by atoms with Crippen LogP contribution in [-0.2, 0) is 48.1 Å². The minimum absolute atomic E-state index is 0.00347. The van der Waals surface area contributed by atoms with E-state index in [1.54, 1.807) is 24.3 Å². The molecule has 2 aliphatic rings. The number of amides is 2. The Morgan fingerprint density at radius 2 is 0.938 bits per heavy atom. The van der Waals surface area contributed by atoms with Crippen LogP contribution in [0.3, 0.4) is 0 Å². The van der Waals surface area contributed by atoms with Gasteiger partial charge >= 0.3 is 0 Å². The van der Waals surface area contributed by atoms with Gasteiger partial charge in [0.2, 0.25) is 11.8 Å². The molecule has 2 amide bonds. The molecule has 0 aromatic heterocycles. The van der Waals surface area contributed by atoms with Gasteiger partial charge in [0.25, 0.3) is 0 Å². The van der Waals surface area contributed by atoms with Crippen LogP contribution in [0.2, 0.25) is 0 Å². The van der Waals surface area contributed by atoms with Crippen LogP contribution in [0, 0.1) is 0 Å². The lowest BCUT2D eigenvalue weighted by Crippen LogP contribution is -2.42. The topological polar surface area (TPSA) is 117 Å². The summed E-state index contributed by atoms with van der Waals surface area (Å²) in [5.41, 5.74) is 7.26. The molecule has 6 rings (SSSR count). The average Bonchev–Trinajstić information content (AvgIpc) is 3.68. The fraction of sp³-hybridized carbons (Fsp3) is 0.350. The van der Waals surface area contributed by atoms with Crippen molar-refractivity contribution in [3.8, 4) is 23.0 Å². The molecule has 0 saturated heterocycles. The van der Waals surface area contributed by atoms with Gasteiger partial charge in [-0.15, -0.1) is 0 Å². The highest BCUT2D eigenvalue weighted by atomic mass is 16.5. The van der Waals surface area contributed by atoms with E-state index >= 15 is 0 Å². The summed E-state index contributed by atoms with van der Waals surface area (Å²) in [5.74, 6) is 2.39. The first-order valence-electron chi connectivity index (χ1n) is 16.7. The Labute approximate surface area is 283 Å². The second-order valence-electron chi connectivity index (χ2n) is 12.9. The van der Waals surface area contributed by atoms with Gasteiger partial charge in [-0.2, -0.15) is 0 Å². The van der Waals surface area contributed by atoms with Crippen LogP contribution >= 0.6 is 0 Å². The number of aromatic hydroxyl groups is 2. The van der Waals surface area contributed by atoms with E-state index in [4.69, 9.17) is 9.47 Å². The molecule has 4 atom stereocenters. The van der Waals surface area contributed by atoms with Crippen LogP contribution in [-0.4, -0.2) is 46.3 Å². The van der Waals surface area contributed by atoms with Crippen molar-refractivity contribution in [2.75, 3.05) is 0 Å². The maximum absolute atomic E-state index is 11.2. The SMILES string of the molecule is CC(=O)N[C@@H](C)[C@H]1Cc2ccc(CCc3ccc(O)cc3)cc2O1.CC(=O)N[C@H](C)[C@@H]1Cc2ccc(CCc3ccc(O)cc3)cc2O1. The monoisotopic (exact) mass is 650 g/mol. The second-order valence-corrected chi connectivity index (χ2v) is 12.9. The number of hydrogen-bond acceptors (Lipinski definition) is 6. The molecule has 252 valence electrons. The van der Waals surface area contributed by atoms with Crippen molar-refractivity contribution in [3.63, 3.8) is 0 Å². The molecule has 4 aromatic rings. The number of nitrogens with one attached hydrogen (secondary N) is 2. The molecule has 0 saturated carbocycles. The van der Waals surface area contributed by atoms with Gasteiger partial charge in [0.15, 0.2) is 0 Å². The Kier molecular flexibility index (Phi) is 11.3. The van der Waals surface area contributed by atoms with E-state index in [1.165, 1.54) is 47.2 Å². The van der Waals surface area contributed by atoms with Gasteiger partial charge in [0.1, 0.15) is 35.2 Å². The van der Waals surface area contributed by atoms with E-state index in [2.05, 4.69) is 47.0 Å². The van der Waals surface area contributed by atoms with Gasteiger partial charge in [-0.1, -0.05) is 48.5 Å². The molecule has 4 N–H and O–H groups in total. The molecule has 48 heavy (non-hydrogen) atoms. The molecule has 0 spiro atoms. The van der Waals surface area contributed by atoms with Crippen molar-refractivity contribution < 1.29 is 29.3 Å². The van der Waals surface area contributed by atoms with Crippen molar-refractivity contribution in [2.24, 2.45) is 0 Å². The normalized spacial score (nSPS) is 17.0. The van der Waals surface area contributed by atoms with Crippen LogP contribution in [0.4, 0.5) is 0 Å². The molecule has 0 radical (unpaired) electrons. The van der Waals surface area contributed by atoms with Crippen LogP contribution in [0.1, 0.15) is 61.1 Å². The molecular formula is C40H46N2O6. The highest BCUT2D eigenvalue weighted by Gasteiger charge is 2.29. The number of phenols is 2. The first-order chi connectivity index (χ1) is 23.0. The third-order valence-corrected chi connectivity index (χ3v) is 8.92. The van der Waals surface area contributed by atoms with Crippen molar-refractivity contribution in [1.29, 1.82) is 0 Å². The van der Waals surface area contributed by atoms with Gasteiger partial charge in [0.05, 0.1) is 12.1 Å². The van der Waals surface area contributed by atoms with Gasteiger partial charge in [0, 0.05) is 26.7 Å². The maximum atomic E-state index is 11.2. The molecule has 0 fully saturated rings. The van der Waals surface area contributed by atoms with Crippen molar-refractivity contribution in [3.05, 3.63) is 118 Å². The number of carbonyl (C=O) groups is 2. The third-order valence-electron chi connectivity index (χ3n) is 8.92. The second kappa shape index (κ2) is 15.7. The average molecular weight is 651 g/mol. The zero-order valence-electron chi connectivity index (χ0n) is 28.2. The molecule has 0 aliphatic carbocycles.